The second kappa shape index (κ2) is 6.66. The van der Waals surface area contributed by atoms with E-state index in [9.17, 15) is 4.79 Å². The second-order valence-electron chi connectivity index (χ2n) is 4.92. The highest BCUT2D eigenvalue weighted by molar-refractivity contribution is 7.80. The number of carbonyl (C=O) groups is 1. The van der Waals surface area contributed by atoms with Gasteiger partial charge >= 0.3 is 5.97 Å². The zero-order chi connectivity index (χ0) is 16.2. The van der Waals surface area contributed by atoms with Crippen LogP contribution in [0.3, 0.4) is 0 Å². The highest BCUT2D eigenvalue weighted by Gasteiger charge is 2.34. The van der Waals surface area contributed by atoms with Crippen LogP contribution in [0.15, 0.2) is 58.7 Å². The van der Waals surface area contributed by atoms with Crippen LogP contribution in [0.2, 0.25) is 0 Å². The Labute approximate surface area is 139 Å². The molecule has 2 heterocycles. The maximum atomic E-state index is 12.5. The lowest BCUT2D eigenvalue weighted by atomic mass is 9.96. The van der Waals surface area contributed by atoms with E-state index >= 15 is 0 Å². The first-order valence-electron chi connectivity index (χ1n) is 7.28. The van der Waals surface area contributed by atoms with E-state index in [0.29, 0.717) is 28.7 Å². The Morgan fingerprint density at radius 1 is 1.26 bits per heavy atom. The Balaban J connectivity index is 2.15. The van der Waals surface area contributed by atoms with Gasteiger partial charge in [-0.25, -0.2) is 4.79 Å². The number of nitrogens with one attached hydrogen (secondary N) is 2. The molecular weight excluding hydrogens is 312 g/mol. The molecule has 0 radical (unpaired) electrons. The molecule has 3 rings (SSSR count). The zero-order valence-electron chi connectivity index (χ0n) is 12.5. The van der Waals surface area contributed by atoms with Crippen molar-refractivity contribution in [2.75, 3.05) is 6.61 Å². The molecule has 1 atom stereocenters. The number of hydrogen-bond donors (Lipinski definition) is 2. The number of carbonyl (C=O) groups excluding carboxylic acids is 1. The smallest absolute Gasteiger partial charge is 0.338 e. The summed E-state index contributed by atoms with van der Waals surface area (Å²) in [6.07, 6.45) is 1.56. The molecular formula is C17H16N2O3S. The number of hydrogen-bond acceptors (Lipinski definition) is 4. The lowest BCUT2D eigenvalue weighted by molar-refractivity contribution is -0.138. The average Bonchev–Trinajstić information content (AvgIpc) is 3.09. The molecule has 0 bridgehead atoms. The molecule has 2 aromatic rings. The van der Waals surface area contributed by atoms with Crippen LogP contribution in [0, 0.1) is 0 Å². The fourth-order valence-electron chi connectivity index (χ4n) is 2.49. The molecule has 1 aromatic heterocycles. The van der Waals surface area contributed by atoms with Gasteiger partial charge in [0, 0.05) is 0 Å². The summed E-state index contributed by atoms with van der Waals surface area (Å²) in [5.41, 5.74) is 1.94. The summed E-state index contributed by atoms with van der Waals surface area (Å²) in [6, 6.07) is 12.6. The van der Waals surface area contributed by atoms with Crippen molar-refractivity contribution in [3.05, 3.63) is 65.6 Å². The van der Waals surface area contributed by atoms with Crippen LogP contribution in [-0.4, -0.2) is 17.7 Å². The van der Waals surface area contributed by atoms with Gasteiger partial charge in [0.25, 0.3) is 0 Å². The van der Waals surface area contributed by atoms with Crippen LogP contribution >= 0.6 is 12.2 Å². The molecule has 118 valence electrons. The van der Waals surface area contributed by atoms with Gasteiger partial charge < -0.3 is 19.8 Å². The molecule has 1 aliphatic rings. The van der Waals surface area contributed by atoms with E-state index in [1.165, 1.54) is 0 Å². The van der Waals surface area contributed by atoms with Gasteiger partial charge in [0.15, 0.2) is 5.11 Å². The predicted molar refractivity (Wildman–Crippen MR) is 90.3 cm³/mol. The van der Waals surface area contributed by atoms with Gasteiger partial charge in [-0.05, 0) is 36.8 Å². The van der Waals surface area contributed by atoms with Crippen molar-refractivity contribution in [1.82, 2.24) is 10.6 Å². The highest BCUT2D eigenvalue weighted by atomic mass is 32.1. The lowest BCUT2D eigenvalue weighted by Crippen LogP contribution is -2.45. The van der Waals surface area contributed by atoms with Crippen LogP contribution in [0.1, 0.15) is 24.3 Å². The van der Waals surface area contributed by atoms with Crippen molar-refractivity contribution in [2.45, 2.75) is 13.0 Å². The van der Waals surface area contributed by atoms with E-state index in [1.807, 2.05) is 30.3 Å². The minimum atomic E-state index is -0.493. The first-order valence-corrected chi connectivity index (χ1v) is 7.69. The Morgan fingerprint density at radius 3 is 2.70 bits per heavy atom. The van der Waals surface area contributed by atoms with Crippen LogP contribution < -0.4 is 10.6 Å². The zero-order valence-corrected chi connectivity index (χ0v) is 13.4. The first-order chi connectivity index (χ1) is 11.2. The van der Waals surface area contributed by atoms with Crippen LogP contribution in [0.5, 0.6) is 0 Å². The third-order valence-corrected chi connectivity index (χ3v) is 3.68. The summed E-state index contributed by atoms with van der Waals surface area (Å²) in [6.45, 7) is 2.07. The number of ether oxygens (including phenoxy) is 1. The fraction of sp³-hybridized carbons (Fsp3) is 0.176. The van der Waals surface area contributed by atoms with Crippen molar-refractivity contribution in [3.8, 4) is 0 Å². The normalized spacial score (nSPS) is 17.4. The van der Waals surface area contributed by atoms with Gasteiger partial charge in [0.2, 0.25) is 0 Å². The topological polar surface area (TPSA) is 63.5 Å². The molecule has 5 nitrogen and oxygen atoms in total. The van der Waals surface area contributed by atoms with Crippen molar-refractivity contribution in [3.63, 3.8) is 0 Å². The Bertz CT molecular complexity index is 738. The van der Waals surface area contributed by atoms with Crippen LogP contribution in [0.25, 0.3) is 5.70 Å². The lowest BCUT2D eigenvalue weighted by Gasteiger charge is -2.29. The van der Waals surface area contributed by atoms with Crippen molar-refractivity contribution in [2.24, 2.45) is 0 Å². The molecule has 1 aromatic carbocycles. The van der Waals surface area contributed by atoms with Gasteiger partial charge in [0.1, 0.15) is 11.8 Å². The highest BCUT2D eigenvalue weighted by Crippen LogP contribution is 2.32. The van der Waals surface area contributed by atoms with E-state index in [0.717, 1.165) is 5.56 Å². The van der Waals surface area contributed by atoms with Gasteiger partial charge in [-0.3, -0.25) is 0 Å². The predicted octanol–water partition coefficient (Wildman–Crippen LogP) is 2.77. The quantitative estimate of drug-likeness (QED) is 0.665. The number of benzene rings is 1. The van der Waals surface area contributed by atoms with E-state index in [2.05, 4.69) is 10.6 Å². The molecule has 23 heavy (non-hydrogen) atoms. The molecule has 0 fully saturated rings. The van der Waals surface area contributed by atoms with Crippen molar-refractivity contribution < 1.29 is 13.9 Å². The number of thiocarbonyl (C=S) groups is 1. The Hall–Kier alpha value is -2.60. The molecule has 2 N–H and O–H groups in total. The number of rotatable bonds is 4. The van der Waals surface area contributed by atoms with Crippen molar-refractivity contribution >= 4 is 29.0 Å². The third-order valence-electron chi connectivity index (χ3n) is 3.46. The second-order valence-corrected chi connectivity index (χ2v) is 5.33. The summed E-state index contributed by atoms with van der Waals surface area (Å²) in [5.74, 6) is 0.195. The van der Waals surface area contributed by atoms with E-state index < -0.39 is 12.0 Å². The van der Waals surface area contributed by atoms with E-state index in [4.69, 9.17) is 21.4 Å². The Morgan fingerprint density at radius 2 is 2.04 bits per heavy atom. The molecule has 1 unspecified atom stereocenters. The fourth-order valence-corrected chi connectivity index (χ4v) is 2.71. The molecule has 0 amide bonds. The molecule has 1 aliphatic heterocycles. The van der Waals surface area contributed by atoms with Crippen molar-refractivity contribution in [1.29, 1.82) is 0 Å². The SMILES string of the molecule is CCOC(=O)C1=C(c2ccccc2)NC(=S)NC1c1ccco1. The van der Waals surface area contributed by atoms with Gasteiger partial charge in [-0.2, -0.15) is 0 Å². The molecule has 0 saturated carbocycles. The molecule has 6 heteroatoms. The molecule has 0 spiro atoms. The number of furan rings is 1. The summed E-state index contributed by atoms with van der Waals surface area (Å²) in [5, 5.41) is 6.58. The van der Waals surface area contributed by atoms with Gasteiger partial charge in [-0.1, -0.05) is 30.3 Å². The third kappa shape index (κ3) is 3.12. The van der Waals surface area contributed by atoms with Crippen LogP contribution in [0.4, 0.5) is 0 Å². The van der Waals surface area contributed by atoms with Gasteiger partial charge in [-0.15, -0.1) is 0 Å². The summed E-state index contributed by atoms with van der Waals surface area (Å²) in [7, 11) is 0. The van der Waals surface area contributed by atoms with E-state index in [1.54, 1.807) is 25.3 Å². The number of esters is 1. The molecule has 0 saturated heterocycles. The monoisotopic (exact) mass is 328 g/mol. The average molecular weight is 328 g/mol. The van der Waals surface area contributed by atoms with Crippen LogP contribution in [-0.2, 0) is 9.53 Å². The van der Waals surface area contributed by atoms with Gasteiger partial charge in [0.05, 0.1) is 24.1 Å². The standard InChI is InChI=1S/C17H16N2O3S/c1-2-21-16(20)13-14(11-7-4-3-5-8-11)18-17(23)19-15(13)12-9-6-10-22-12/h3-10,15H,2H2,1H3,(H2,18,19,23). The first kappa shape index (κ1) is 15.3. The minimum absolute atomic E-state index is 0.291. The Kier molecular flexibility index (Phi) is 4.43. The van der Waals surface area contributed by atoms with E-state index in [-0.39, 0.29) is 0 Å². The molecule has 0 aliphatic carbocycles. The minimum Gasteiger partial charge on any atom is -0.467 e. The largest absolute Gasteiger partial charge is 0.467 e. The maximum absolute atomic E-state index is 12.5. The maximum Gasteiger partial charge on any atom is 0.338 e. The summed E-state index contributed by atoms with van der Waals surface area (Å²) in [4.78, 5) is 12.5. The summed E-state index contributed by atoms with van der Waals surface area (Å²) >= 11 is 5.29. The summed E-state index contributed by atoms with van der Waals surface area (Å²) < 4.78 is 10.7.